The van der Waals surface area contributed by atoms with Crippen LogP contribution in [-0.2, 0) is 6.42 Å². The number of nitrogens with two attached hydrogens (primary N) is 1. The zero-order chi connectivity index (χ0) is 9.97. The van der Waals surface area contributed by atoms with Gasteiger partial charge in [0.15, 0.2) is 6.19 Å². The number of rotatable bonds is 2. The highest BCUT2D eigenvalue weighted by atomic mass is 15.0. The Balaban J connectivity index is 2.69. The molecule has 0 bridgehead atoms. The molecular formula is C11H11N3. The number of hydrogen-bond donors (Lipinski definition) is 1. The molecule has 0 amide bonds. The van der Waals surface area contributed by atoms with Gasteiger partial charge in [-0.05, 0) is 6.54 Å². The predicted octanol–water partition coefficient (Wildman–Crippen LogP) is 1.47. The van der Waals surface area contributed by atoms with Crippen LogP contribution < -0.4 is 5.73 Å². The fraction of sp³-hybridized carbons (Fsp3) is 0.182. The standard InChI is InChI=1S/C11H11N3/c12-6-5-11-10-4-2-1-3-9(10)7-14(11)8-13/h1-4,7H,5-6,12H2. The molecule has 3 heteroatoms. The van der Waals surface area contributed by atoms with E-state index in [9.17, 15) is 0 Å². The second-order valence-corrected chi connectivity index (χ2v) is 3.17. The van der Waals surface area contributed by atoms with Crippen LogP contribution in [0.3, 0.4) is 0 Å². The van der Waals surface area contributed by atoms with E-state index < -0.39 is 0 Å². The summed E-state index contributed by atoms with van der Waals surface area (Å²) in [6.45, 7) is 0.565. The molecule has 1 aromatic heterocycles. The first-order valence-corrected chi connectivity index (χ1v) is 4.56. The predicted molar refractivity (Wildman–Crippen MR) is 55.7 cm³/mol. The van der Waals surface area contributed by atoms with Crippen LogP contribution in [0.25, 0.3) is 10.8 Å². The van der Waals surface area contributed by atoms with Crippen LogP contribution in [0, 0.1) is 11.5 Å². The van der Waals surface area contributed by atoms with Crippen molar-refractivity contribution in [2.75, 3.05) is 6.54 Å². The maximum atomic E-state index is 8.92. The molecule has 2 aromatic rings. The second-order valence-electron chi connectivity index (χ2n) is 3.17. The first kappa shape index (κ1) is 8.79. The van der Waals surface area contributed by atoms with Crippen LogP contribution in [0.2, 0.25) is 0 Å². The Morgan fingerprint density at radius 1 is 1.36 bits per heavy atom. The molecule has 70 valence electrons. The van der Waals surface area contributed by atoms with E-state index in [-0.39, 0.29) is 0 Å². The third kappa shape index (κ3) is 1.26. The molecule has 0 aliphatic carbocycles. The minimum atomic E-state index is 0.565. The number of nitrogens with zero attached hydrogens (tertiary/aromatic N) is 2. The van der Waals surface area contributed by atoms with E-state index in [1.165, 1.54) is 0 Å². The molecule has 0 radical (unpaired) electrons. The SMILES string of the molecule is N#Cn1cc2ccccc2c1CCN. The number of nitriles is 1. The quantitative estimate of drug-likeness (QED) is 0.770. The van der Waals surface area contributed by atoms with Crippen LogP contribution in [-0.4, -0.2) is 11.1 Å². The van der Waals surface area contributed by atoms with Gasteiger partial charge in [0.2, 0.25) is 0 Å². The van der Waals surface area contributed by atoms with Gasteiger partial charge >= 0.3 is 0 Å². The molecule has 2 rings (SSSR count). The van der Waals surface area contributed by atoms with Crippen LogP contribution in [0.1, 0.15) is 5.69 Å². The normalized spacial score (nSPS) is 10.3. The van der Waals surface area contributed by atoms with Crippen molar-refractivity contribution in [2.24, 2.45) is 5.73 Å². The van der Waals surface area contributed by atoms with E-state index in [0.717, 1.165) is 22.9 Å². The van der Waals surface area contributed by atoms with Gasteiger partial charge in [-0.15, -0.1) is 0 Å². The zero-order valence-corrected chi connectivity index (χ0v) is 7.77. The van der Waals surface area contributed by atoms with Crippen molar-refractivity contribution >= 4 is 10.8 Å². The summed E-state index contributed by atoms with van der Waals surface area (Å²) in [4.78, 5) is 0. The van der Waals surface area contributed by atoms with Crippen molar-refractivity contribution < 1.29 is 0 Å². The Morgan fingerprint density at radius 2 is 2.14 bits per heavy atom. The minimum Gasteiger partial charge on any atom is -0.330 e. The monoisotopic (exact) mass is 185 g/mol. The number of fused-ring (bicyclic) bond motifs is 1. The van der Waals surface area contributed by atoms with Crippen LogP contribution in [0.5, 0.6) is 0 Å². The van der Waals surface area contributed by atoms with E-state index in [1.807, 2.05) is 30.5 Å². The Hall–Kier alpha value is -1.79. The summed E-state index contributed by atoms with van der Waals surface area (Å²) >= 11 is 0. The molecule has 0 fully saturated rings. The molecule has 0 atom stereocenters. The molecule has 1 aromatic carbocycles. The minimum absolute atomic E-state index is 0.565. The van der Waals surface area contributed by atoms with Crippen LogP contribution in [0.15, 0.2) is 30.5 Å². The number of aromatic nitrogens is 1. The van der Waals surface area contributed by atoms with Crippen LogP contribution in [0.4, 0.5) is 0 Å². The van der Waals surface area contributed by atoms with Gasteiger partial charge in [0, 0.05) is 29.1 Å². The molecule has 0 saturated heterocycles. The lowest BCUT2D eigenvalue weighted by atomic mass is 10.1. The van der Waals surface area contributed by atoms with Crippen LogP contribution >= 0.6 is 0 Å². The van der Waals surface area contributed by atoms with Crippen molar-refractivity contribution in [3.63, 3.8) is 0 Å². The van der Waals surface area contributed by atoms with Gasteiger partial charge in [0.1, 0.15) is 0 Å². The topological polar surface area (TPSA) is 54.7 Å². The van der Waals surface area contributed by atoms with E-state index in [1.54, 1.807) is 4.57 Å². The summed E-state index contributed by atoms with van der Waals surface area (Å²) < 4.78 is 1.59. The Morgan fingerprint density at radius 3 is 2.86 bits per heavy atom. The zero-order valence-electron chi connectivity index (χ0n) is 7.77. The molecule has 14 heavy (non-hydrogen) atoms. The van der Waals surface area contributed by atoms with E-state index in [2.05, 4.69) is 6.19 Å². The maximum Gasteiger partial charge on any atom is 0.188 e. The lowest BCUT2D eigenvalue weighted by molar-refractivity contribution is 0.890. The first-order valence-electron chi connectivity index (χ1n) is 4.56. The van der Waals surface area contributed by atoms with Crippen molar-refractivity contribution in [3.05, 3.63) is 36.2 Å². The molecule has 0 unspecified atom stereocenters. The highest BCUT2D eigenvalue weighted by Gasteiger charge is 2.06. The van der Waals surface area contributed by atoms with Gasteiger partial charge in [0.25, 0.3) is 0 Å². The molecule has 0 saturated carbocycles. The van der Waals surface area contributed by atoms with Gasteiger partial charge in [0.05, 0.1) is 0 Å². The maximum absolute atomic E-state index is 8.92. The third-order valence-electron chi connectivity index (χ3n) is 2.32. The van der Waals surface area contributed by atoms with Gasteiger partial charge in [-0.3, -0.25) is 4.57 Å². The first-order chi connectivity index (χ1) is 6.86. The fourth-order valence-electron chi connectivity index (χ4n) is 1.70. The lowest BCUT2D eigenvalue weighted by Crippen LogP contribution is -2.06. The largest absolute Gasteiger partial charge is 0.330 e. The van der Waals surface area contributed by atoms with Gasteiger partial charge in [-0.2, -0.15) is 5.26 Å². The van der Waals surface area contributed by atoms with Gasteiger partial charge < -0.3 is 5.73 Å². The fourth-order valence-corrected chi connectivity index (χ4v) is 1.70. The van der Waals surface area contributed by atoms with Gasteiger partial charge in [-0.1, -0.05) is 24.3 Å². The molecule has 0 aliphatic rings. The van der Waals surface area contributed by atoms with Crippen molar-refractivity contribution in [1.82, 2.24) is 4.57 Å². The summed E-state index contributed by atoms with van der Waals surface area (Å²) in [5, 5.41) is 11.1. The molecule has 0 spiro atoms. The van der Waals surface area contributed by atoms with E-state index in [0.29, 0.717) is 6.54 Å². The second kappa shape index (κ2) is 3.52. The average Bonchev–Trinajstić information content (AvgIpc) is 2.58. The smallest absolute Gasteiger partial charge is 0.188 e. The van der Waals surface area contributed by atoms with Crippen molar-refractivity contribution in [3.8, 4) is 6.19 Å². The molecule has 0 aliphatic heterocycles. The Bertz CT molecular complexity index is 491. The molecule has 3 nitrogen and oxygen atoms in total. The van der Waals surface area contributed by atoms with E-state index >= 15 is 0 Å². The highest BCUT2D eigenvalue weighted by Crippen LogP contribution is 2.20. The Kier molecular flexibility index (Phi) is 2.21. The number of hydrogen-bond acceptors (Lipinski definition) is 2. The van der Waals surface area contributed by atoms with Crippen molar-refractivity contribution in [2.45, 2.75) is 6.42 Å². The summed E-state index contributed by atoms with van der Waals surface area (Å²) in [5.41, 5.74) is 6.52. The molecule has 1 heterocycles. The van der Waals surface area contributed by atoms with Crippen molar-refractivity contribution in [1.29, 1.82) is 5.26 Å². The Labute approximate surface area is 82.4 Å². The lowest BCUT2D eigenvalue weighted by Gasteiger charge is -1.98. The summed E-state index contributed by atoms with van der Waals surface area (Å²) in [6.07, 6.45) is 4.72. The average molecular weight is 185 g/mol. The summed E-state index contributed by atoms with van der Waals surface area (Å²) in [7, 11) is 0. The van der Waals surface area contributed by atoms with Gasteiger partial charge in [-0.25, -0.2) is 0 Å². The molecular weight excluding hydrogens is 174 g/mol. The summed E-state index contributed by atoms with van der Waals surface area (Å²) in [5.74, 6) is 0. The molecule has 2 N–H and O–H groups in total. The highest BCUT2D eigenvalue weighted by molar-refractivity contribution is 5.85. The summed E-state index contributed by atoms with van der Waals surface area (Å²) in [6, 6.07) is 7.97. The number of benzene rings is 1. The third-order valence-corrected chi connectivity index (χ3v) is 2.32. The van der Waals surface area contributed by atoms with E-state index in [4.69, 9.17) is 11.0 Å².